The molecule has 0 aliphatic heterocycles. The van der Waals surface area contributed by atoms with E-state index in [1.807, 2.05) is 0 Å². The smallest absolute Gasteiger partial charge is 0.0146 e. The molecule has 4 aliphatic rings. The monoisotopic (exact) mass is 328 g/mol. The third-order valence-electron chi connectivity index (χ3n) is 9.67. The zero-order chi connectivity index (χ0) is 17.1. The molecule has 0 amide bonds. The quantitative estimate of drug-likeness (QED) is 0.474. The normalized spacial score (nSPS) is 54.0. The molecular weight excluding hydrogens is 288 g/mol. The molecule has 8 atom stereocenters. The Hall–Kier alpha value is -0.260. The van der Waals surface area contributed by atoms with Crippen LogP contribution in [0.2, 0.25) is 0 Å². The molecule has 4 aliphatic carbocycles. The highest BCUT2D eigenvalue weighted by molar-refractivity contribution is 5.08. The van der Waals surface area contributed by atoms with Gasteiger partial charge in [0.05, 0.1) is 0 Å². The van der Waals surface area contributed by atoms with Crippen LogP contribution in [0.25, 0.3) is 0 Å². The Kier molecular flexibility index (Phi) is 4.21. The lowest BCUT2D eigenvalue weighted by molar-refractivity contribution is -0.0773. The first-order valence-corrected chi connectivity index (χ1v) is 11.0. The van der Waals surface area contributed by atoms with Crippen molar-refractivity contribution < 1.29 is 0 Å². The van der Waals surface area contributed by atoms with Gasteiger partial charge in [-0.1, -0.05) is 33.8 Å². The standard InChI is InChI=1S/C24H40/c1-6-23(4)13-11-18-17(15-23)7-8-20-19(18)12-14-24(5)21(16(2)3)9-10-22(20)24/h6,16-22H,1,7-15H2,2-5H3/t17-,18+,19?,20-,21-,22+,23-,24-/m1/s1. The fourth-order valence-electron chi connectivity index (χ4n) is 8.46. The van der Waals surface area contributed by atoms with Crippen LogP contribution >= 0.6 is 0 Å². The summed E-state index contributed by atoms with van der Waals surface area (Å²) in [6.45, 7) is 14.3. The number of hydrogen-bond donors (Lipinski definition) is 0. The average Bonchev–Trinajstić information content (AvgIpc) is 2.91. The van der Waals surface area contributed by atoms with Crippen molar-refractivity contribution in [2.45, 2.75) is 85.5 Å². The Morgan fingerprint density at radius 3 is 2.33 bits per heavy atom. The molecule has 1 unspecified atom stereocenters. The van der Waals surface area contributed by atoms with E-state index in [2.05, 4.69) is 40.3 Å². The fourth-order valence-corrected chi connectivity index (χ4v) is 8.46. The lowest BCUT2D eigenvalue weighted by atomic mass is 9.48. The van der Waals surface area contributed by atoms with Crippen molar-refractivity contribution in [2.75, 3.05) is 0 Å². The zero-order valence-electron chi connectivity index (χ0n) is 16.7. The van der Waals surface area contributed by atoms with E-state index in [1.165, 1.54) is 38.5 Å². The number of hydrogen-bond acceptors (Lipinski definition) is 0. The van der Waals surface area contributed by atoms with Gasteiger partial charge >= 0.3 is 0 Å². The van der Waals surface area contributed by atoms with Gasteiger partial charge in [-0.25, -0.2) is 0 Å². The van der Waals surface area contributed by atoms with Crippen LogP contribution in [0.4, 0.5) is 0 Å². The van der Waals surface area contributed by atoms with E-state index in [0.29, 0.717) is 10.8 Å². The first-order chi connectivity index (χ1) is 11.4. The third kappa shape index (κ3) is 2.45. The van der Waals surface area contributed by atoms with Gasteiger partial charge in [0, 0.05) is 0 Å². The third-order valence-corrected chi connectivity index (χ3v) is 9.67. The van der Waals surface area contributed by atoms with Gasteiger partial charge in [-0.2, -0.15) is 0 Å². The van der Waals surface area contributed by atoms with Crippen LogP contribution in [0.1, 0.15) is 85.5 Å². The van der Waals surface area contributed by atoms with Gasteiger partial charge in [0.15, 0.2) is 0 Å². The molecule has 4 saturated carbocycles. The molecule has 0 nitrogen and oxygen atoms in total. The van der Waals surface area contributed by atoms with Crippen LogP contribution in [0, 0.1) is 52.3 Å². The van der Waals surface area contributed by atoms with Crippen LogP contribution in [0.15, 0.2) is 12.7 Å². The SMILES string of the molecule is C=C[C@]1(C)CC[C@@H]2C3CC[C@]4(C)[C@@H](C(C)C)CC[C@H]4[C@@H]3CC[C@@H]2C1. The summed E-state index contributed by atoms with van der Waals surface area (Å²) in [7, 11) is 0. The molecule has 0 bridgehead atoms. The molecule has 0 spiro atoms. The topological polar surface area (TPSA) is 0 Å². The summed E-state index contributed by atoms with van der Waals surface area (Å²) in [6.07, 6.45) is 15.8. The zero-order valence-corrected chi connectivity index (χ0v) is 16.7. The number of allylic oxidation sites excluding steroid dienone is 1. The minimum absolute atomic E-state index is 0.438. The molecule has 4 rings (SSSR count). The minimum atomic E-state index is 0.438. The summed E-state index contributed by atoms with van der Waals surface area (Å²) in [5, 5.41) is 0. The highest BCUT2D eigenvalue weighted by Crippen LogP contribution is 2.66. The second-order valence-corrected chi connectivity index (χ2v) is 11.0. The molecule has 0 N–H and O–H groups in total. The maximum atomic E-state index is 4.15. The predicted molar refractivity (Wildman–Crippen MR) is 104 cm³/mol. The second-order valence-electron chi connectivity index (χ2n) is 11.0. The molecule has 0 aromatic heterocycles. The average molecular weight is 329 g/mol. The van der Waals surface area contributed by atoms with Crippen molar-refractivity contribution in [2.24, 2.45) is 52.3 Å². The molecular formula is C24H40. The van der Waals surface area contributed by atoms with Crippen LogP contribution in [-0.4, -0.2) is 0 Å². The lowest BCUT2D eigenvalue weighted by Gasteiger charge is -2.57. The summed E-state index contributed by atoms with van der Waals surface area (Å²) in [4.78, 5) is 0. The van der Waals surface area contributed by atoms with E-state index >= 15 is 0 Å². The Labute approximate surface area is 150 Å². The van der Waals surface area contributed by atoms with E-state index in [1.54, 1.807) is 19.3 Å². The summed E-state index contributed by atoms with van der Waals surface area (Å²) in [5.74, 6) is 7.14. The Morgan fingerprint density at radius 2 is 1.62 bits per heavy atom. The van der Waals surface area contributed by atoms with E-state index in [0.717, 1.165) is 41.4 Å². The van der Waals surface area contributed by atoms with Gasteiger partial charge in [0.2, 0.25) is 0 Å². The largest absolute Gasteiger partial charge is 0.103 e. The van der Waals surface area contributed by atoms with Crippen molar-refractivity contribution in [3.63, 3.8) is 0 Å². The van der Waals surface area contributed by atoms with Crippen molar-refractivity contribution in [3.8, 4) is 0 Å². The van der Waals surface area contributed by atoms with Crippen molar-refractivity contribution >= 4 is 0 Å². The molecule has 0 aromatic carbocycles. The van der Waals surface area contributed by atoms with Crippen molar-refractivity contribution in [1.29, 1.82) is 0 Å². The summed E-state index contributed by atoms with van der Waals surface area (Å²) < 4.78 is 0. The Bertz CT molecular complexity index is 490. The number of fused-ring (bicyclic) bond motifs is 5. The van der Waals surface area contributed by atoms with Gasteiger partial charge in [0.25, 0.3) is 0 Å². The van der Waals surface area contributed by atoms with Crippen LogP contribution in [0.5, 0.6) is 0 Å². The van der Waals surface area contributed by atoms with Gasteiger partial charge in [-0.05, 0) is 110 Å². The summed E-state index contributed by atoms with van der Waals surface area (Å²) in [6, 6.07) is 0. The molecule has 136 valence electrons. The minimum Gasteiger partial charge on any atom is -0.103 e. The van der Waals surface area contributed by atoms with Crippen LogP contribution < -0.4 is 0 Å². The molecule has 4 fully saturated rings. The fraction of sp³-hybridized carbons (Fsp3) is 0.917. The van der Waals surface area contributed by atoms with E-state index in [9.17, 15) is 0 Å². The summed E-state index contributed by atoms with van der Waals surface area (Å²) >= 11 is 0. The highest BCUT2D eigenvalue weighted by Gasteiger charge is 2.57. The van der Waals surface area contributed by atoms with Crippen molar-refractivity contribution in [3.05, 3.63) is 12.7 Å². The van der Waals surface area contributed by atoms with Crippen LogP contribution in [0.3, 0.4) is 0 Å². The Morgan fingerprint density at radius 1 is 0.875 bits per heavy atom. The van der Waals surface area contributed by atoms with E-state index < -0.39 is 0 Å². The molecule has 0 aromatic rings. The first-order valence-electron chi connectivity index (χ1n) is 11.0. The van der Waals surface area contributed by atoms with E-state index in [4.69, 9.17) is 0 Å². The first kappa shape index (κ1) is 17.2. The predicted octanol–water partition coefficient (Wildman–Crippen LogP) is 7.10. The van der Waals surface area contributed by atoms with Gasteiger partial charge in [-0.3, -0.25) is 0 Å². The van der Waals surface area contributed by atoms with E-state index in [-0.39, 0.29) is 0 Å². The second kappa shape index (κ2) is 5.88. The van der Waals surface area contributed by atoms with Gasteiger partial charge in [-0.15, -0.1) is 6.58 Å². The molecule has 0 radical (unpaired) electrons. The maximum absolute atomic E-state index is 4.15. The van der Waals surface area contributed by atoms with Gasteiger partial charge < -0.3 is 0 Å². The molecule has 0 heteroatoms. The lowest BCUT2D eigenvalue weighted by Crippen LogP contribution is -2.49. The summed E-state index contributed by atoms with van der Waals surface area (Å²) in [5.41, 5.74) is 1.11. The maximum Gasteiger partial charge on any atom is -0.0146 e. The highest BCUT2D eigenvalue weighted by atomic mass is 14.6. The Balaban J connectivity index is 1.53. The molecule has 0 saturated heterocycles. The number of rotatable bonds is 2. The van der Waals surface area contributed by atoms with Crippen molar-refractivity contribution in [1.82, 2.24) is 0 Å². The van der Waals surface area contributed by atoms with Crippen LogP contribution in [-0.2, 0) is 0 Å². The van der Waals surface area contributed by atoms with Gasteiger partial charge in [0.1, 0.15) is 0 Å². The molecule has 0 heterocycles. The molecule has 24 heavy (non-hydrogen) atoms.